The minimum atomic E-state index is -0.584. The van der Waals surface area contributed by atoms with Crippen LogP contribution in [0.3, 0.4) is 0 Å². The zero-order chi connectivity index (χ0) is 15.7. The Kier molecular flexibility index (Phi) is 3.67. The molecule has 1 atom stereocenters. The number of anilines is 1. The van der Waals surface area contributed by atoms with Crippen LogP contribution >= 0.6 is 0 Å². The number of rotatable bonds is 3. The molecule has 0 unspecified atom stereocenters. The second-order valence-corrected chi connectivity index (χ2v) is 5.60. The lowest BCUT2D eigenvalue weighted by molar-refractivity contribution is -0.126. The average Bonchev–Trinajstić information content (AvgIpc) is 2.75. The molecule has 0 saturated carbocycles. The van der Waals surface area contributed by atoms with Gasteiger partial charge in [-0.25, -0.2) is 0 Å². The fraction of sp³-hybridized carbons (Fsp3) is 0.222. The lowest BCUT2D eigenvalue weighted by Gasteiger charge is -2.18. The third kappa shape index (κ3) is 2.60. The van der Waals surface area contributed by atoms with Gasteiger partial charge in [0.2, 0.25) is 5.91 Å². The summed E-state index contributed by atoms with van der Waals surface area (Å²) in [6.45, 7) is 3.97. The van der Waals surface area contributed by atoms with Gasteiger partial charge >= 0.3 is 0 Å². The first kappa shape index (κ1) is 14.3. The molecular weight excluding hydrogens is 276 g/mol. The Hall–Kier alpha value is -2.62. The summed E-state index contributed by atoms with van der Waals surface area (Å²) in [5, 5.41) is 2.74. The maximum Gasteiger partial charge on any atom is 0.254 e. The summed E-state index contributed by atoms with van der Waals surface area (Å²) < 4.78 is 0. The third-order valence-electron chi connectivity index (χ3n) is 3.86. The van der Waals surface area contributed by atoms with Crippen LogP contribution in [0.25, 0.3) is 0 Å². The average molecular weight is 294 g/mol. The lowest BCUT2D eigenvalue weighted by Crippen LogP contribution is -2.36. The van der Waals surface area contributed by atoms with Gasteiger partial charge in [-0.15, -0.1) is 0 Å². The van der Waals surface area contributed by atoms with Crippen LogP contribution in [0.1, 0.15) is 29.7 Å². The second kappa shape index (κ2) is 5.64. The molecule has 0 aromatic heterocycles. The first-order valence-electron chi connectivity index (χ1n) is 7.29. The van der Waals surface area contributed by atoms with E-state index in [1.54, 1.807) is 4.90 Å². The van der Waals surface area contributed by atoms with E-state index in [1.165, 1.54) is 12.5 Å². The number of aryl methyl sites for hydroxylation is 1. The summed E-state index contributed by atoms with van der Waals surface area (Å²) in [5.41, 5.74) is 3.98. The van der Waals surface area contributed by atoms with Crippen molar-refractivity contribution in [3.8, 4) is 0 Å². The monoisotopic (exact) mass is 294 g/mol. The molecule has 4 heteroatoms. The molecule has 0 fully saturated rings. The molecule has 0 aliphatic carbocycles. The van der Waals surface area contributed by atoms with Crippen molar-refractivity contribution >= 4 is 17.5 Å². The molecule has 0 bridgehead atoms. The Morgan fingerprint density at radius 3 is 2.50 bits per heavy atom. The topological polar surface area (TPSA) is 49.4 Å². The van der Waals surface area contributed by atoms with Gasteiger partial charge in [-0.3, -0.25) is 9.59 Å². The van der Waals surface area contributed by atoms with Gasteiger partial charge in [-0.1, -0.05) is 48.0 Å². The normalized spacial score (nSPS) is 16.5. The molecule has 112 valence electrons. The minimum absolute atomic E-state index is 0.0861. The zero-order valence-corrected chi connectivity index (χ0v) is 12.7. The number of nitrogens with one attached hydrogen (secondary N) is 1. The molecule has 22 heavy (non-hydrogen) atoms. The number of fused-ring (bicyclic) bond motifs is 1. The van der Waals surface area contributed by atoms with Crippen molar-refractivity contribution in [2.45, 2.75) is 26.4 Å². The van der Waals surface area contributed by atoms with Crippen molar-refractivity contribution in [2.75, 3.05) is 4.90 Å². The maximum atomic E-state index is 12.7. The van der Waals surface area contributed by atoms with E-state index in [9.17, 15) is 9.59 Å². The first-order valence-corrected chi connectivity index (χ1v) is 7.29. The van der Waals surface area contributed by atoms with Crippen molar-refractivity contribution < 1.29 is 9.59 Å². The predicted octanol–water partition coefficient (Wildman–Crippen LogP) is 2.72. The van der Waals surface area contributed by atoms with E-state index in [2.05, 4.69) is 5.32 Å². The quantitative estimate of drug-likeness (QED) is 0.946. The highest BCUT2D eigenvalue weighted by atomic mass is 16.2. The summed E-state index contributed by atoms with van der Waals surface area (Å²) in [5.74, 6) is -0.290. The van der Waals surface area contributed by atoms with Crippen LogP contribution in [0.2, 0.25) is 0 Å². The summed E-state index contributed by atoms with van der Waals surface area (Å²) in [7, 11) is 0. The van der Waals surface area contributed by atoms with E-state index in [0.29, 0.717) is 6.54 Å². The highest BCUT2D eigenvalue weighted by Crippen LogP contribution is 2.36. The second-order valence-electron chi connectivity index (χ2n) is 5.60. The Morgan fingerprint density at radius 1 is 1.14 bits per heavy atom. The molecule has 0 saturated heterocycles. The number of para-hydroxylation sites is 1. The van der Waals surface area contributed by atoms with E-state index < -0.39 is 6.04 Å². The van der Waals surface area contributed by atoms with Gasteiger partial charge in [0.1, 0.15) is 6.04 Å². The molecular formula is C18H18N2O2. The van der Waals surface area contributed by atoms with Gasteiger partial charge in [0.25, 0.3) is 5.91 Å². The Balaban J connectivity index is 1.93. The van der Waals surface area contributed by atoms with E-state index >= 15 is 0 Å². The molecule has 3 rings (SSSR count). The van der Waals surface area contributed by atoms with Gasteiger partial charge in [-0.05, 0) is 18.6 Å². The van der Waals surface area contributed by atoms with Crippen molar-refractivity contribution in [3.63, 3.8) is 0 Å². The van der Waals surface area contributed by atoms with Crippen LogP contribution in [-0.2, 0) is 16.1 Å². The van der Waals surface area contributed by atoms with Crippen molar-refractivity contribution in [3.05, 3.63) is 65.2 Å². The smallest absolute Gasteiger partial charge is 0.254 e. The number of hydrogen-bond donors (Lipinski definition) is 1. The van der Waals surface area contributed by atoms with Crippen molar-refractivity contribution in [2.24, 2.45) is 0 Å². The number of nitrogens with zero attached hydrogens (tertiary/aromatic N) is 1. The minimum Gasteiger partial charge on any atom is -0.341 e. The van der Waals surface area contributed by atoms with Gasteiger partial charge in [0, 0.05) is 18.2 Å². The van der Waals surface area contributed by atoms with Crippen LogP contribution in [0, 0.1) is 6.92 Å². The summed E-state index contributed by atoms with van der Waals surface area (Å²) in [6.07, 6.45) is 0. The van der Waals surface area contributed by atoms with E-state index in [4.69, 9.17) is 0 Å². The number of amides is 2. The third-order valence-corrected chi connectivity index (χ3v) is 3.86. The first-order chi connectivity index (χ1) is 10.6. The lowest BCUT2D eigenvalue weighted by atomic mass is 10.1. The van der Waals surface area contributed by atoms with Crippen LogP contribution in [-0.4, -0.2) is 11.8 Å². The predicted molar refractivity (Wildman–Crippen MR) is 85.4 cm³/mol. The molecule has 1 heterocycles. The molecule has 0 spiro atoms. The molecule has 4 nitrogen and oxygen atoms in total. The fourth-order valence-corrected chi connectivity index (χ4v) is 2.77. The van der Waals surface area contributed by atoms with Gasteiger partial charge in [0.05, 0.1) is 6.54 Å². The molecule has 1 N–H and O–H groups in total. The van der Waals surface area contributed by atoms with E-state index in [0.717, 1.165) is 16.8 Å². The maximum absolute atomic E-state index is 12.7. The number of carbonyl (C=O) groups is 2. The van der Waals surface area contributed by atoms with Crippen LogP contribution in [0.4, 0.5) is 5.69 Å². The highest BCUT2D eigenvalue weighted by molar-refractivity contribution is 6.06. The Morgan fingerprint density at radius 2 is 1.82 bits per heavy atom. The van der Waals surface area contributed by atoms with E-state index in [1.807, 2.05) is 55.5 Å². The van der Waals surface area contributed by atoms with Gasteiger partial charge in [0.15, 0.2) is 0 Å². The van der Waals surface area contributed by atoms with E-state index in [-0.39, 0.29) is 11.8 Å². The molecule has 1 aliphatic heterocycles. The number of carbonyl (C=O) groups excluding carboxylic acids is 2. The Labute approximate surface area is 129 Å². The number of hydrogen-bond acceptors (Lipinski definition) is 2. The largest absolute Gasteiger partial charge is 0.341 e. The van der Waals surface area contributed by atoms with Gasteiger partial charge < -0.3 is 10.2 Å². The molecule has 2 aromatic carbocycles. The summed E-state index contributed by atoms with van der Waals surface area (Å²) >= 11 is 0. The molecule has 2 aromatic rings. The zero-order valence-electron chi connectivity index (χ0n) is 12.7. The molecule has 2 amide bonds. The highest BCUT2D eigenvalue weighted by Gasteiger charge is 2.37. The van der Waals surface area contributed by atoms with Crippen molar-refractivity contribution in [1.29, 1.82) is 0 Å². The van der Waals surface area contributed by atoms with Crippen LogP contribution in [0.15, 0.2) is 48.5 Å². The standard InChI is InChI=1S/C18H18N2O2/c1-12-7-9-14(10-8-12)11-20-16-6-4-3-5-15(16)17(18(20)22)19-13(2)21/h3-10,17H,11H2,1-2H3,(H,19,21)/t17-/m0/s1. The molecule has 0 radical (unpaired) electrons. The van der Waals surface area contributed by atoms with Crippen LogP contribution < -0.4 is 10.2 Å². The molecule has 1 aliphatic rings. The van der Waals surface area contributed by atoms with Crippen molar-refractivity contribution in [1.82, 2.24) is 5.32 Å². The summed E-state index contributed by atoms with van der Waals surface area (Å²) in [4.78, 5) is 25.8. The van der Waals surface area contributed by atoms with Gasteiger partial charge in [-0.2, -0.15) is 0 Å². The fourth-order valence-electron chi connectivity index (χ4n) is 2.77. The van der Waals surface area contributed by atoms with Crippen LogP contribution in [0.5, 0.6) is 0 Å². The summed E-state index contributed by atoms with van der Waals surface area (Å²) in [6, 6.07) is 15.1. The Bertz CT molecular complexity index is 722. The SMILES string of the molecule is CC(=O)N[C@@H]1C(=O)N(Cc2ccc(C)cc2)c2ccccc21. The number of benzene rings is 2.